The summed E-state index contributed by atoms with van der Waals surface area (Å²) < 4.78 is 177. The zero-order valence-electron chi connectivity index (χ0n) is 70.5. The summed E-state index contributed by atoms with van der Waals surface area (Å²) in [5.41, 5.74) is 0. The van der Waals surface area contributed by atoms with E-state index in [9.17, 15) is 96.2 Å². The summed E-state index contributed by atoms with van der Waals surface area (Å²) in [6.07, 6.45) is -64.0. The lowest BCUT2D eigenvalue weighted by atomic mass is 9.94. The van der Waals surface area contributed by atoms with Crippen LogP contribution in [0.2, 0.25) is 0 Å². The van der Waals surface area contributed by atoms with Gasteiger partial charge in [-0.1, -0.05) is 0 Å². The van der Waals surface area contributed by atoms with Crippen molar-refractivity contribution in [2.45, 2.75) is 316 Å². The van der Waals surface area contributed by atoms with E-state index in [1.165, 1.54) is 0 Å². The Morgan fingerprint density at radius 2 is 0.298 bits per heavy atom. The molecule has 0 aromatic carbocycles. The number of aliphatic hydroxyl groups is 1. The second kappa shape index (κ2) is 47.0. The zero-order valence-corrected chi connectivity index (χ0v) is 70.5. The van der Waals surface area contributed by atoms with Gasteiger partial charge in [0, 0.05) is 132 Å². The van der Waals surface area contributed by atoms with Crippen LogP contribution in [-0.2, 0) is 233 Å². The van der Waals surface area contributed by atoms with Gasteiger partial charge in [0.05, 0.1) is 0 Å². The van der Waals surface area contributed by atoms with Crippen molar-refractivity contribution in [1.29, 1.82) is 0 Å². The Morgan fingerprint density at radius 3 is 0.468 bits per heavy atom. The van der Waals surface area contributed by atoms with Gasteiger partial charge in [-0.3, -0.25) is 91.1 Å². The molecule has 6 heterocycles. The zero-order chi connectivity index (χ0) is 92.7. The molecule has 124 heavy (non-hydrogen) atoms. The van der Waals surface area contributed by atoms with E-state index in [0.29, 0.717) is 0 Å². The van der Waals surface area contributed by atoms with Crippen LogP contribution in [0.15, 0.2) is 0 Å². The minimum atomic E-state index is -2.43. The normalized spacial score (nSPS) is 33.1. The molecule has 696 valence electrons. The second-order valence-electron chi connectivity index (χ2n) is 28.1. The van der Waals surface area contributed by atoms with Crippen molar-refractivity contribution in [3.63, 3.8) is 0 Å². The maximum absolute atomic E-state index is 13.8. The molecule has 6 fully saturated rings. The van der Waals surface area contributed by atoms with Gasteiger partial charge in [-0.2, -0.15) is 0 Å². The van der Waals surface area contributed by atoms with Crippen LogP contribution in [0.1, 0.15) is 132 Å². The number of hydrogen-bond acceptors (Lipinski definition) is 50. The molecule has 1 N–H and O–H groups in total. The Hall–Kier alpha value is -10.6. The second-order valence-corrected chi connectivity index (χ2v) is 28.1. The first-order chi connectivity index (χ1) is 58.0. The molecule has 0 saturated carbocycles. The quantitative estimate of drug-likeness (QED) is 0.0481. The summed E-state index contributed by atoms with van der Waals surface area (Å²) in [6.45, 7) is 10.8. The first kappa shape index (κ1) is 102. The molecular weight excluding hydrogens is 1690 g/mol. The molecule has 0 aromatic heterocycles. The highest BCUT2D eigenvalue weighted by molar-refractivity contribution is 5.73. The molecule has 50 nitrogen and oxygen atoms in total. The van der Waals surface area contributed by atoms with Crippen LogP contribution in [0, 0.1) is 0 Å². The standard InChI is InChI=1S/C74H100O50/c1-26(75)95-20-45-52(57(102-33(8)82)63(69(94)114-45)108-39(14)88)120-71-65(110-41(16)90)59(104-35(10)84)54(47(116-71)22-97-28(3)77)122-73-67(112-43(18)92)61(106-37(12)86)56(49(118-73)24-99-30(5)79)124-74-68(113-44(19)93)62(107-38(13)87)55(50(119-74)25-100-31(6)80)123-72-66(111-42(17)91)60(105-36(11)85)53(48(117-72)23-98-29(4)78)121-70-64(109-40(15)89)58(103-34(9)83)51(101-32(7)81)46(115-70)21-96-27(2)76/h45-74,94H,20-25H2,1-19H3/t45-,46-,47-,48-,49-,50-,51-,52-,53-,54-,55-,56-,57+,58+,59+,60+,61+,62+,63-,64-,65-,66-,67-,68-,69+,70-,71-,72-,73-,74-/m1/s1. The van der Waals surface area contributed by atoms with Crippen molar-refractivity contribution < 1.29 is 238 Å². The Kier molecular flexibility index (Phi) is 38.7. The number of aliphatic hydroxyl groups excluding tert-OH is 1. The van der Waals surface area contributed by atoms with Gasteiger partial charge in [0.1, 0.15) is 107 Å². The lowest BCUT2D eigenvalue weighted by Gasteiger charge is -2.51. The molecule has 50 heteroatoms. The molecule has 0 unspecified atom stereocenters. The smallest absolute Gasteiger partial charge is 0.303 e. The van der Waals surface area contributed by atoms with Crippen LogP contribution in [-0.4, -0.2) is 342 Å². The summed E-state index contributed by atoms with van der Waals surface area (Å²) in [7, 11) is 0. The molecule has 6 rings (SSSR count). The predicted molar refractivity (Wildman–Crippen MR) is 381 cm³/mol. The van der Waals surface area contributed by atoms with Crippen LogP contribution < -0.4 is 0 Å². The highest BCUT2D eigenvalue weighted by Crippen LogP contribution is 2.43. The largest absolute Gasteiger partial charge is 0.463 e. The average Bonchev–Trinajstić information content (AvgIpc) is 0.766. The number of carbonyl (C=O) groups is 19. The molecule has 0 bridgehead atoms. The number of carbonyl (C=O) groups excluding carboxylic acids is 19. The SMILES string of the molecule is CC(=O)OC[C@H]1O[C@H](O)[C@H](OC(C)=O)[C@@H](OC(C)=O)[C@@H]1O[C@H]1O[C@H](COC(C)=O)[C@@H](O[C@H]2O[C@H](COC(C)=O)[C@@H](O[C@H]3O[C@H](COC(C)=O)[C@@H](O[C@H]4O[C@H](COC(C)=O)[C@@H](O[C@H]5O[C@H](COC(C)=O)[C@@H](OC(C)=O)[C@H](OC(C)=O)[C@H]5OC(C)=O)[C@H](OC(C)=O)[C@H]4OC(C)=O)[C@H](OC(C)=O)[C@H]3OC(C)=O)[C@H](OC(C)=O)[C@H]2OC(C)=O)[C@H](OC(C)=O)[C@H]1OC(C)=O. The van der Waals surface area contributed by atoms with Gasteiger partial charge in [-0.25, -0.2) is 0 Å². The number of hydrogen-bond donors (Lipinski definition) is 1. The molecule has 0 amide bonds. The average molecular weight is 1790 g/mol. The van der Waals surface area contributed by atoms with Crippen LogP contribution in [0.5, 0.6) is 0 Å². The minimum absolute atomic E-state index is 0.804. The highest BCUT2D eigenvalue weighted by Gasteiger charge is 2.64. The van der Waals surface area contributed by atoms with Crippen molar-refractivity contribution in [1.82, 2.24) is 0 Å². The molecule has 0 aliphatic carbocycles. The van der Waals surface area contributed by atoms with Crippen molar-refractivity contribution in [2.75, 3.05) is 39.6 Å². The van der Waals surface area contributed by atoms with Crippen LogP contribution in [0.25, 0.3) is 0 Å². The van der Waals surface area contributed by atoms with Crippen LogP contribution in [0.3, 0.4) is 0 Å². The van der Waals surface area contributed by atoms with Gasteiger partial charge in [0.15, 0.2) is 117 Å². The monoisotopic (exact) mass is 1790 g/mol. The van der Waals surface area contributed by atoms with E-state index in [1.807, 2.05) is 0 Å². The molecule has 0 radical (unpaired) electrons. The summed E-state index contributed by atoms with van der Waals surface area (Å²) in [4.78, 5) is 249. The summed E-state index contributed by atoms with van der Waals surface area (Å²) in [5, 5.41) is 11.2. The van der Waals surface area contributed by atoms with Crippen molar-refractivity contribution in [2.24, 2.45) is 0 Å². The third-order valence-electron chi connectivity index (χ3n) is 17.7. The fourth-order valence-electron chi connectivity index (χ4n) is 13.6. The fraction of sp³-hybridized carbons (Fsp3) is 0.743. The number of esters is 19. The topological polar surface area (TPSA) is 621 Å². The summed E-state index contributed by atoms with van der Waals surface area (Å²) in [6, 6.07) is 0. The molecular formula is C74H100O50. The van der Waals surface area contributed by atoms with Gasteiger partial charge in [0.2, 0.25) is 0 Å². The third kappa shape index (κ3) is 30.4. The molecule has 0 aromatic rings. The lowest BCUT2D eigenvalue weighted by molar-refractivity contribution is -0.396. The van der Waals surface area contributed by atoms with E-state index in [-0.39, 0.29) is 0 Å². The highest BCUT2D eigenvalue weighted by atomic mass is 16.8. The van der Waals surface area contributed by atoms with Gasteiger partial charge in [0.25, 0.3) is 0 Å². The van der Waals surface area contributed by atoms with Crippen molar-refractivity contribution in [3.8, 4) is 0 Å². The molecule has 6 saturated heterocycles. The Bertz CT molecular complexity index is 3840. The number of ether oxygens (including phenoxy) is 30. The van der Waals surface area contributed by atoms with Crippen LogP contribution in [0.4, 0.5) is 0 Å². The number of rotatable bonds is 35. The van der Waals surface area contributed by atoms with Gasteiger partial charge in [-0.05, 0) is 0 Å². The molecule has 30 atom stereocenters. The third-order valence-corrected chi connectivity index (χ3v) is 17.7. The predicted octanol–water partition coefficient (Wildman–Crippen LogP) is -3.26. The van der Waals surface area contributed by atoms with Crippen molar-refractivity contribution >= 4 is 113 Å². The molecule has 0 spiro atoms. The van der Waals surface area contributed by atoms with E-state index < -0.39 is 337 Å². The summed E-state index contributed by atoms with van der Waals surface area (Å²) >= 11 is 0. The maximum atomic E-state index is 13.8. The fourth-order valence-corrected chi connectivity index (χ4v) is 13.6. The minimum Gasteiger partial charge on any atom is -0.463 e. The lowest BCUT2D eigenvalue weighted by Crippen LogP contribution is -2.70. The Balaban J connectivity index is 1.54. The van der Waals surface area contributed by atoms with E-state index in [1.54, 1.807) is 0 Å². The Morgan fingerprint density at radius 1 is 0.169 bits per heavy atom. The van der Waals surface area contributed by atoms with E-state index in [0.717, 1.165) is 132 Å². The molecule has 6 aliphatic heterocycles. The maximum Gasteiger partial charge on any atom is 0.303 e. The van der Waals surface area contributed by atoms with Crippen molar-refractivity contribution in [3.05, 3.63) is 0 Å². The first-order valence-electron chi connectivity index (χ1n) is 37.9. The van der Waals surface area contributed by atoms with E-state index in [2.05, 4.69) is 0 Å². The van der Waals surface area contributed by atoms with E-state index >= 15 is 0 Å². The van der Waals surface area contributed by atoms with Gasteiger partial charge in [-0.15, -0.1) is 0 Å². The van der Waals surface area contributed by atoms with Crippen LogP contribution >= 0.6 is 0 Å². The Labute approximate surface area is 705 Å². The summed E-state index contributed by atoms with van der Waals surface area (Å²) in [5.74, 6) is -21.7. The molecule has 6 aliphatic rings. The van der Waals surface area contributed by atoms with Gasteiger partial charge >= 0.3 is 113 Å². The first-order valence-corrected chi connectivity index (χ1v) is 37.9. The van der Waals surface area contributed by atoms with E-state index in [4.69, 9.17) is 142 Å². The van der Waals surface area contributed by atoms with Gasteiger partial charge < -0.3 is 147 Å².